The quantitative estimate of drug-likeness (QED) is 0.742. The van der Waals surface area contributed by atoms with Crippen molar-refractivity contribution in [3.05, 3.63) is 11.8 Å². The number of aromatic nitrogens is 2. The number of carbonyl (C=O) groups is 1. The number of H-pyrrole nitrogens is 1. The molecule has 0 radical (unpaired) electrons. The minimum atomic E-state index is -3.85. The molecule has 2 rings (SSSR count). The Labute approximate surface area is 105 Å². The lowest BCUT2D eigenvalue weighted by Crippen LogP contribution is -2.34. The number of nitrogens with one attached hydrogen (secondary N) is 2. The van der Waals surface area contributed by atoms with Crippen molar-refractivity contribution in [1.82, 2.24) is 14.9 Å². The van der Waals surface area contributed by atoms with Crippen LogP contribution in [0.4, 0.5) is 0 Å². The number of hydrogen-bond donors (Lipinski definition) is 3. The van der Waals surface area contributed by atoms with Crippen molar-refractivity contribution in [2.24, 2.45) is 5.92 Å². The van der Waals surface area contributed by atoms with Crippen LogP contribution in [-0.2, 0) is 10.0 Å². The van der Waals surface area contributed by atoms with Crippen molar-refractivity contribution in [3.8, 4) is 0 Å². The van der Waals surface area contributed by atoms with Crippen molar-refractivity contribution in [1.29, 1.82) is 0 Å². The molecule has 8 heteroatoms. The summed E-state index contributed by atoms with van der Waals surface area (Å²) < 4.78 is 26.6. The molecular weight excluding hydrogens is 258 g/mol. The molecule has 1 aromatic rings. The molecule has 1 heterocycles. The van der Waals surface area contributed by atoms with Gasteiger partial charge in [0, 0.05) is 6.04 Å². The summed E-state index contributed by atoms with van der Waals surface area (Å²) >= 11 is 0. The van der Waals surface area contributed by atoms with Gasteiger partial charge in [-0.1, -0.05) is 6.92 Å². The van der Waals surface area contributed by atoms with Crippen molar-refractivity contribution in [2.75, 3.05) is 0 Å². The first kappa shape index (κ1) is 13.0. The zero-order chi connectivity index (χ0) is 13.3. The van der Waals surface area contributed by atoms with Gasteiger partial charge in [0.15, 0.2) is 5.03 Å². The van der Waals surface area contributed by atoms with E-state index in [0.717, 1.165) is 25.5 Å². The predicted molar refractivity (Wildman–Crippen MR) is 62.7 cm³/mol. The van der Waals surface area contributed by atoms with Gasteiger partial charge in [0.25, 0.3) is 10.0 Å². The number of carboxylic acid groups (broad SMARTS) is 1. The van der Waals surface area contributed by atoms with Crippen LogP contribution in [0.15, 0.2) is 11.2 Å². The maximum Gasteiger partial charge on any atom is 0.340 e. The molecule has 100 valence electrons. The van der Waals surface area contributed by atoms with E-state index >= 15 is 0 Å². The van der Waals surface area contributed by atoms with E-state index < -0.39 is 16.0 Å². The van der Waals surface area contributed by atoms with E-state index in [2.05, 4.69) is 21.8 Å². The van der Waals surface area contributed by atoms with Crippen LogP contribution in [0.25, 0.3) is 0 Å². The fourth-order valence-electron chi connectivity index (χ4n) is 2.22. The molecule has 2 atom stereocenters. The fourth-order valence-corrected chi connectivity index (χ4v) is 3.60. The Bertz CT molecular complexity index is 551. The van der Waals surface area contributed by atoms with E-state index in [9.17, 15) is 13.2 Å². The Hall–Kier alpha value is -1.41. The molecule has 0 amide bonds. The van der Waals surface area contributed by atoms with Gasteiger partial charge in [0.1, 0.15) is 5.56 Å². The van der Waals surface area contributed by atoms with Gasteiger partial charge in [-0.3, -0.25) is 5.10 Å². The number of hydrogen-bond acceptors (Lipinski definition) is 4. The number of carboxylic acids is 1. The molecule has 0 aliphatic heterocycles. The van der Waals surface area contributed by atoms with E-state index in [-0.39, 0.29) is 16.6 Å². The van der Waals surface area contributed by atoms with Gasteiger partial charge >= 0.3 is 5.97 Å². The predicted octanol–water partition coefficient (Wildman–Crippen LogP) is 0.575. The highest BCUT2D eigenvalue weighted by Gasteiger charge is 2.30. The molecule has 2 unspecified atom stereocenters. The highest BCUT2D eigenvalue weighted by atomic mass is 32.2. The Morgan fingerprint density at radius 1 is 1.56 bits per heavy atom. The molecule has 1 aliphatic rings. The van der Waals surface area contributed by atoms with Gasteiger partial charge in [-0.25, -0.2) is 17.9 Å². The molecule has 0 spiro atoms. The second kappa shape index (κ2) is 4.69. The average Bonchev–Trinajstić information content (AvgIpc) is 2.86. The van der Waals surface area contributed by atoms with Crippen LogP contribution in [0.2, 0.25) is 0 Å². The van der Waals surface area contributed by atoms with E-state index in [1.54, 1.807) is 0 Å². The molecule has 0 bridgehead atoms. The maximum absolute atomic E-state index is 12.0. The molecule has 0 aromatic carbocycles. The summed E-state index contributed by atoms with van der Waals surface area (Å²) in [6.07, 6.45) is 3.52. The first-order valence-corrected chi connectivity index (χ1v) is 7.17. The minimum absolute atomic E-state index is 0.130. The lowest BCUT2D eigenvalue weighted by atomic mass is 10.1. The van der Waals surface area contributed by atoms with E-state index in [1.165, 1.54) is 0 Å². The number of aromatic carboxylic acids is 1. The third-order valence-electron chi connectivity index (χ3n) is 3.12. The topological polar surface area (TPSA) is 112 Å². The Morgan fingerprint density at radius 3 is 2.83 bits per heavy atom. The molecule has 1 aromatic heterocycles. The summed E-state index contributed by atoms with van der Waals surface area (Å²) in [4.78, 5) is 10.9. The molecule has 3 N–H and O–H groups in total. The van der Waals surface area contributed by atoms with Crippen LogP contribution in [0.5, 0.6) is 0 Å². The first-order valence-electron chi connectivity index (χ1n) is 5.69. The van der Waals surface area contributed by atoms with Gasteiger partial charge in [-0.05, 0) is 25.2 Å². The highest BCUT2D eigenvalue weighted by Crippen LogP contribution is 2.26. The monoisotopic (exact) mass is 273 g/mol. The fraction of sp³-hybridized carbons (Fsp3) is 0.600. The van der Waals surface area contributed by atoms with Crippen molar-refractivity contribution < 1.29 is 18.3 Å². The van der Waals surface area contributed by atoms with Crippen LogP contribution in [0.1, 0.15) is 36.5 Å². The summed E-state index contributed by atoms with van der Waals surface area (Å²) in [5.74, 6) is -0.831. The maximum atomic E-state index is 12.0. The first-order chi connectivity index (χ1) is 8.40. The molecular formula is C10H15N3O4S. The standard InChI is InChI=1S/C10H15N3O4S/c1-6-2-3-7(4-6)13-18(16,17)9-8(10(14)15)5-11-12-9/h5-7,13H,2-4H2,1H3,(H,11,12)(H,14,15). The van der Waals surface area contributed by atoms with Gasteiger partial charge in [0.2, 0.25) is 0 Å². The number of sulfonamides is 1. The molecule has 0 saturated heterocycles. The van der Waals surface area contributed by atoms with Gasteiger partial charge in [-0.15, -0.1) is 0 Å². The van der Waals surface area contributed by atoms with Crippen LogP contribution in [0, 0.1) is 5.92 Å². The number of rotatable bonds is 4. The van der Waals surface area contributed by atoms with Gasteiger partial charge in [-0.2, -0.15) is 5.10 Å². The van der Waals surface area contributed by atoms with E-state index in [0.29, 0.717) is 5.92 Å². The van der Waals surface area contributed by atoms with Crippen molar-refractivity contribution in [2.45, 2.75) is 37.3 Å². The second-order valence-corrected chi connectivity index (χ2v) is 6.31. The molecule has 18 heavy (non-hydrogen) atoms. The zero-order valence-electron chi connectivity index (χ0n) is 9.88. The number of nitrogens with zero attached hydrogens (tertiary/aromatic N) is 1. The van der Waals surface area contributed by atoms with E-state index in [1.807, 2.05) is 0 Å². The van der Waals surface area contributed by atoms with Crippen molar-refractivity contribution in [3.63, 3.8) is 0 Å². The highest BCUT2D eigenvalue weighted by molar-refractivity contribution is 7.89. The van der Waals surface area contributed by atoms with Gasteiger partial charge in [0.05, 0.1) is 6.20 Å². The van der Waals surface area contributed by atoms with Crippen molar-refractivity contribution >= 4 is 16.0 Å². The summed E-state index contributed by atoms with van der Waals surface area (Å²) in [6, 6.07) is -0.130. The van der Waals surface area contributed by atoms with Crippen LogP contribution in [-0.4, -0.2) is 35.7 Å². The van der Waals surface area contributed by atoms with E-state index in [4.69, 9.17) is 5.11 Å². The molecule has 1 fully saturated rings. The Kier molecular flexibility index (Phi) is 3.40. The summed E-state index contributed by atoms with van der Waals surface area (Å²) in [7, 11) is -3.85. The number of aromatic amines is 1. The van der Waals surface area contributed by atoms with Crippen LogP contribution in [0.3, 0.4) is 0 Å². The summed E-state index contributed by atoms with van der Waals surface area (Å²) in [6.45, 7) is 2.06. The van der Waals surface area contributed by atoms with Crippen LogP contribution < -0.4 is 4.72 Å². The largest absolute Gasteiger partial charge is 0.478 e. The SMILES string of the molecule is CC1CCC(NS(=O)(=O)c2[nH]ncc2C(=O)O)C1. The lowest BCUT2D eigenvalue weighted by molar-refractivity contribution is 0.0692. The Morgan fingerprint density at radius 2 is 2.28 bits per heavy atom. The third kappa shape index (κ3) is 2.54. The molecule has 7 nitrogen and oxygen atoms in total. The average molecular weight is 273 g/mol. The molecule has 1 saturated carbocycles. The van der Waals surface area contributed by atoms with Gasteiger partial charge < -0.3 is 5.11 Å². The summed E-state index contributed by atoms with van der Waals surface area (Å²) in [5.41, 5.74) is -0.339. The van der Waals surface area contributed by atoms with Crippen LogP contribution >= 0.6 is 0 Å². The second-order valence-electron chi connectivity index (χ2n) is 4.65. The third-order valence-corrected chi connectivity index (χ3v) is 4.61. The molecule has 1 aliphatic carbocycles. The summed E-state index contributed by atoms with van der Waals surface area (Å²) in [5, 5.41) is 14.2. The normalized spacial score (nSPS) is 24.3. The minimum Gasteiger partial charge on any atom is -0.478 e. The Balaban J connectivity index is 2.20. The lowest BCUT2D eigenvalue weighted by Gasteiger charge is -2.12. The smallest absolute Gasteiger partial charge is 0.340 e. The zero-order valence-corrected chi connectivity index (χ0v) is 10.7.